The zero-order chi connectivity index (χ0) is 16.3. The zero-order valence-corrected chi connectivity index (χ0v) is 14.1. The molecule has 0 saturated heterocycles. The number of anilines is 2. The van der Waals surface area contributed by atoms with Crippen LogP contribution in [0.25, 0.3) is 0 Å². The second-order valence-electron chi connectivity index (χ2n) is 6.49. The van der Waals surface area contributed by atoms with Gasteiger partial charge in [-0.3, -0.25) is 9.59 Å². The fourth-order valence-electron chi connectivity index (χ4n) is 1.94. The molecule has 7 heteroatoms. The Balaban J connectivity index is 1.74. The van der Waals surface area contributed by atoms with Gasteiger partial charge in [-0.05, 0) is 40.0 Å². The van der Waals surface area contributed by atoms with E-state index in [2.05, 4.69) is 10.3 Å². The van der Waals surface area contributed by atoms with Gasteiger partial charge in [0.2, 0.25) is 0 Å². The number of thiazole rings is 1. The Morgan fingerprint density at radius 2 is 2.09 bits per heavy atom. The van der Waals surface area contributed by atoms with Gasteiger partial charge in [0, 0.05) is 18.9 Å². The quantitative estimate of drug-likeness (QED) is 0.455. The molecular formula is C15H23N3O3S. The molecule has 0 spiro atoms. The Kier molecular flexibility index (Phi) is 5.05. The third kappa shape index (κ3) is 4.98. The lowest BCUT2D eigenvalue weighted by molar-refractivity contribution is -0.154. The Bertz CT molecular complexity index is 559. The van der Waals surface area contributed by atoms with Crippen molar-refractivity contribution >= 4 is 34.0 Å². The highest BCUT2D eigenvalue weighted by Crippen LogP contribution is 2.37. The molecule has 122 valence electrons. The highest BCUT2D eigenvalue weighted by molar-refractivity contribution is 7.18. The van der Waals surface area contributed by atoms with Crippen molar-refractivity contribution in [3.8, 4) is 0 Å². The normalized spacial score (nSPS) is 14.7. The van der Waals surface area contributed by atoms with Gasteiger partial charge >= 0.3 is 5.97 Å². The number of ketones is 1. The van der Waals surface area contributed by atoms with Gasteiger partial charge in [0.1, 0.15) is 16.3 Å². The summed E-state index contributed by atoms with van der Waals surface area (Å²) in [5.41, 5.74) is 5.34. The lowest BCUT2D eigenvalue weighted by atomic mass is 10.2. The van der Waals surface area contributed by atoms with E-state index >= 15 is 0 Å². The summed E-state index contributed by atoms with van der Waals surface area (Å²) in [6, 6.07) is 0. The van der Waals surface area contributed by atoms with E-state index in [-0.39, 0.29) is 17.7 Å². The number of nitrogens with zero attached hydrogens (tertiary/aromatic N) is 1. The summed E-state index contributed by atoms with van der Waals surface area (Å²) >= 11 is 1.29. The van der Waals surface area contributed by atoms with E-state index in [1.54, 1.807) is 0 Å². The van der Waals surface area contributed by atoms with Crippen molar-refractivity contribution in [3.63, 3.8) is 0 Å². The first-order valence-electron chi connectivity index (χ1n) is 7.52. The van der Waals surface area contributed by atoms with Gasteiger partial charge in [-0.25, -0.2) is 4.98 Å². The lowest BCUT2D eigenvalue weighted by Crippen LogP contribution is -2.24. The summed E-state index contributed by atoms with van der Waals surface area (Å²) in [6.07, 6.45) is 2.89. The molecule has 0 unspecified atom stereocenters. The van der Waals surface area contributed by atoms with Gasteiger partial charge in [0.05, 0.1) is 0 Å². The molecule has 1 fully saturated rings. The lowest BCUT2D eigenvalue weighted by Gasteiger charge is -2.19. The largest absolute Gasteiger partial charge is 0.460 e. The number of rotatable bonds is 7. The Hall–Kier alpha value is -1.63. The fraction of sp³-hybridized carbons (Fsp3) is 0.667. The third-order valence-electron chi connectivity index (χ3n) is 3.08. The van der Waals surface area contributed by atoms with Crippen LogP contribution in [0.15, 0.2) is 0 Å². The molecule has 0 amide bonds. The van der Waals surface area contributed by atoms with Gasteiger partial charge < -0.3 is 15.8 Å². The van der Waals surface area contributed by atoms with Gasteiger partial charge in [-0.1, -0.05) is 11.3 Å². The summed E-state index contributed by atoms with van der Waals surface area (Å²) in [5, 5.41) is 3.74. The molecule has 1 aliphatic rings. The van der Waals surface area contributed by atoms with Crippen LogP contribution in [0.1, 0.15) is 56.1 Å². The summed E-state index contributed by atoms with van der Waals surface area (Å²) in [7, 11) is 0. The van der Waals surface area contributed by atoms with Gasteiger partial charge in [-0.2, -0.15) is 0 Å². The predicted molar refractivity (Wildman–Crippen MR) is 87.1 cm³/mol. The van der Waals surface area contributed by atoms with Crippen molar-refractivity contribution in [2.75, 3.05) is 17.6 Å². The standard InChI is InChI=1S/C15H23N3O3S/c1-15(2,3)21-10(19)5-4-8-17-14-18-13(16)12(22-14)11(20)9-6-7-9/h9H,4-8,16H2,1-3H3,(H,17,18). The maximum atomic E-state index is 12.0. The van der Waals surface area contributed by atoms with Crippen LogP contribution in [0.5, 0.6) is 0 Å². The molecule has 22 heavy (non-hydrogen) atoms. The first-order valence-corrected chi connectivity index (χ1v) is 8.34. The average molecular weight is 325 g/mol. The van der Waals surface area contributed by atoms with E-state index in [4.69, 9.17) is 10.5 Å². The van der Waals surface area contributed by atoms with Crippen LogP contribution in [0.4, 0.5) is 10.9 Å². The number of nitrogen functional groups attached to an aromatic ring is 1. The molecule has 1 aromatic heterocycles. The SMILES string of the molecule is CC(C)(C)OC(=O)CCCNc1nc(N)c(C(=O)C2CC2)s1. The number of hydrogen-bond donors (Lipinski definition) is 2. The molecule has 0 aromatic carbocycles. The van der Waals surface area contributed by atoms with Crippen molar-refractivity contribution in [2.45, 2.75) is 52.1 Å². The molecule has 0 aliphatic heterocycles. The van der Waals surface area contributed by atoms with Crippen LogP contribution in [-0.4, -0.2) is 28.9 Å². The van der Waals surface area contributed by atoms with E-state index in [0.717, 1.165) is 12.8 Å². The minimum absolute atomic E-state index is 0.108. The van der Waals surface area contributed by atoms with E-state index < -0.39 is 5.60 Å². The molecule has 1 saturated carbocycles. The van der Waals surface area contributed by atoms with E-state index in [9.17, 15) is 9.59 Å². The van der Waals surface area contributed by atoms with Crippen LogP contribution in [0.2, 0.25) is 0 Å². The van der Waals surface area contributed by atoms with Crippen molar-refractivity contribution < 1.29 is 14.3 Å². The number of carbonyl (C=O) groups excluding carboxylic acids is 2. The van der Waals surface area contributed by atoms with Crippen molar-refractivity contribution in [2.24, 2.45) is 5.92 Å². The number of ether oxygens (including phenoxy) is 1. The number of hydrogen-bond acceptors (Lipinski definition) is 7. The highest BCUT2D eigenvalue weighted by atomic mass is 32.1. The minimum Gasteiger partial charge on any atom is -0.460 e. The highest BCUT2D eigenvalue weighted by Gasteiger charge is 2.33. The first kappa shape index (κ1) is 16.7. The second kappa shape index (κ2) is 6.64. The molecule has 2 rings (SSSR count). The van der Waals surface area contributed by atoms with E-state index in [0.29, 0.717) is 35.2 Å². The fourth-order valence-corrected chi connectivity index (χ4v) is 2.86. The second-order valence-corrected chi connectivity index (χ2v) is 7.49. The Morgan fingerprint density at radius 3 is 2.68 bits per heavy atom. The molecule has 3 N–H and O–H groups in total. The topological polar surface area (TPSA) is 94.3 Å². The van der Waals surface area contributed by atoms with Crippen molar-refractivity contribution in [1.82, 2.24) is 4.98 Å². The summed E-state index contributed by atoms with van der Waals surface area (Å²) < 4.78 is 5.23. The first-order chi connectivity index (χ1) is 10.3. The van der Waals surface area contributed by atoms with E-state index in [1.807, 2.05) is 20.8 Å². The Morgan fingerprint density at radius 1 is 1.41 bits per heavy atom. The van der Waals surface area contributed by atoms with Gasteiger partial charge in [0.15, 0.2) is 10.9 Å². The van der Waals surface area contributed by atoms with Crippen LogP contribution < -0.4 is 11.1 Å². The predicted octanol–water partition coefficient (Wildman–Crippen LogP) is 2.85. The van der Waals surface area contributed by atoms with E-state index in [1.165, 1.54) is 11.3 Å². The summed E-state index contributed by atoms with van der Waals surface area (Å²) in [4.78, 5) is 28.3. The Labute approximate surface area is 134 Å². The smallest absolute Gasteiger partial charge is 0.306 e. The third-order valence-corrected chi connectivity index (χ3v) is 4.12. The number of esters is 1. The molecule has 1 aromatic rings. The van der Waals surface area contributed by atoms with Crippen LogP contribution in [0.3, 0.4) is 0 Å². The maximum absolute atomic E-state index is 12.0. The summed E-state index contributed by atoms with van der Waals surface area (Å²) in [6.45, 7) is 6.13. The monoisotopic (exact) mass is 325 g/mol. The molecule has 1 heterocycles. The van der Waals surface area contributed by atoms with Crippen LogP contribution >= 0.6 is 11.3 Å². The molecule has 6 nitrogen and oxygen atoms in total. The molecule has 0 radical (unpaired) electrons. The van der Waals surface area contributed by atoms with Crippen LogP contribution in [-0.2, 0) is 9.53 Å². The number of nitrogens with one attached hydrogen (secondary N) is 1. The zero-order valence-electron chi connectivity index (χ0n) is 13.3. The maximum Gasteiger partial charge on any atom is 0.306 e. The van der Waals surface area contributed by atoms with Crippen LogP contribution in [0, 0.1) is 5.92 Å². The van der Waals surface area contributed by atoms with Crippen molar-refractivity contribution in [3.05, 3.63) is 4.88 Å². The van der Waals surface area contributed by atoms with Gasteiger partial charge in [0.25, 0.3) is 0 Å². The summed E-state index contributed by atoms with van der Waals surface area (Å²) in [5.74, 6) is 0.341. The van der Waals surface area contributed by atoms with Crippen molar-refractivity contribution in [1.29, 1.82) is 0 Å². The molecule has 1 aliphatic carbocycles. The van der Waals surface area contributed by atoms with Gasteiger partial charge in [-0.15, -0.1) is 0 Å². The average Bonchev–Trinajstić information content (AvgIpc) is 3.16. The number of aromatic nitrogens is 1. The number of Topliss-reactive ketones (excluding diaryl/α,β-unsaturated/α-hetero) is 1. The minimum atomic E-state index is -0.452. The molecule has 0 atom stereocenters. The molecule has 0 bridgehead atoms. The molecular weight excluding hydrogens is 302 g/mol. The number of carbonyl (C=O) groups is 2. The number of nitrogens with two attached hydrogens (primary N) is 1.